The molecule has 1 unspecified atom stereocenters. The highest BCUT2D eigenvalue weighted by Crippen LogP contribution is 2.32. The van der Waals surface area contributed by atoms with Crippen molar-refractivity contribution in [3.8, 4) is 11.5 Å². The molecule has 0 N–H and O–H groups in total. The van der Waals surface area contributed by atoms with Crippen LogP contribution in [-0.4, -0.2) is 51.5 Å². The fourth-order valence-corrected chi connectivity index (χ4v) is 4.36. The van der Waals surface area contributed by atoms with Crippen molar-refractivity contribution in [3.63, 3.8) is 0 Å². The van der Waals surface area contributed by atoms with Crippen molar-refractivity contribution >= 4 is 10.0 Å². The van der Waals surface area contributed by atoms with Crippen LogP contribution in [-0.2, 0) is 14.8 Å². The van der Waals surface area contributed by atoms with E-state index < -0.39 is 44.8 Å². The smallest absolute Gasteiger partial charge is 0.488 e. The first-order valence-electron chi connectivity index (χ1n) is 8.60. The SMILES string of the molecule is O=S(=O)(c1ccccc1OC(F)(F)F)N1CCOC(COc2cc(F)ccc2F)C1. The molecule has 30 heavy (non-hydrogen) atoms. The summed E-state index contributed by atoms with van der Waals surface area (Å²) in [6.45, 7) is -0.749. The third-order valence-electron chi connectivity index (χ3n) is 4.11. The molecule has 0 amide bonds. The summed E-state index contributed by atoms with van der Waals surface area (Å²) >= 11 is 0. The Morgan fingerprint density at radius 2 is 1.83 bits per heavy atom. The van der Waals surface area contributed by atoms with Gasteiger partial charge in [0.15, 0.2) is 11.6 Å². The Morgan fingerprint density at radius 1 is 1.10 bits per heavy atom. The number of rotatable bonds is 6. The summed E-state index contributed by atoms with van der Waals surface area (Å²) in [6.07, 6.45) is -5.92. The number of halogens is 5. The molecule has 3 rings (SSSR count). The van der Waals surface area contributed by atoms with Crippen LogP contribution in [0.4, 0.5) is 22.0 Å². The molecule has 164 valence electrons. The number of para-hydroxylation sites is 1. The van der Waals surface area contributed by atoms with Crippen molar-refractivity contribution in [2.75, 3.05) is 26.3 Å². The number of benzene rings is 2. The molecular weight excluding hydrogens is 437 g/mol. The van der Waals surface area contributed by atoms with Gasteiger partial charge in [-0.15, -0.1) is 13.2 Å². The van der Waals surface area contributed by atoms with E-state index in [1.54, 1.807) is 0 Å². The topological polar surface area (TPSA) is 65.1 Å². The van der Waals surface area contributed by atoms with Gasteiger partial charge in [-0.3, -0.25) is 0 Å². The fourth-order valence-electron chi connectivity index (χ4n) is 2.79. The Hall–Kier alpha value is -2.44. The van der Waals surface area contributed by atoms with E-state index in [1.165, 1.54) is 12.1 Å². The predicted molar refractivity (Wildman–Crippen MR) is 93.5 cm³/mol. The van der Waals surface area contributed by atoms with E-state index in [4.69, 9.17) is 9.47 Å². The number of nitrogens with zero attached hydrogens (tertiary/aromatic N) is 1. The summed E-state index contributed by atoms with van der Waals surface area (Å²) in [5.74, 6) is -2.76. The van der Waals surface area contributed by atoms with Gasteiger partial charge in [-0.05, 0) is 24.3 Å². The van der Waals surface area contributed by atoms with Gasteiger partial charge in [0.05, 0.1) is 6.61 Å². The van der Waals surface area contributed by atoms with Gasteiger partial charge in [0.25, 0.3) is 0 Å². The monoisotopic (exact) mass is 453 g/mol. The minimum Gasteiger partial charge on any atom is -0.488 e. The highest BCUT2D eigenvalue weighted by atomic mass is 32.2. The Labute approximate surface area is 168 Å². The average Bonchev–Trinajstić information content (AvgIpc) is 2.68. The molecule has 0 bridgehead atoms. The fraction of sp³-hybridized carbons (Fsp3) is 0.333. The van der Waals surface area contributed by atoms with Crippen LogP contribution in [0.5, 0.6) is 11.5 Å². The van der Waals surface area contributed by atoms with Crippen LogP contribution in [0.3, 0.4) is 0 Å². The number of sulfonamides is 1. The predicted octanol–water partition coefficient (Wildman–Crippen LogP) is 3.33. The zero-order chi connectivity index (χ0) is 21.9. The van der Waals surface area contributed by atoms with Gasteiger partial charge in [0, 0.05) is 19.2 Å². The number of hydrogen-bond acceptors (Lipinski definition) is 5. The number of morpholine rings is 1. The summed E-state index contributed by atoms with van der Waals surface area (Å²) in [4.78, 5) is -0.653. The van der Waals surface area contributed by atoms with E-state index in [0.29, 0.717) is 0 Å². The largest absolute Gasteiger partial charge is 0.573 e. The zero-order valence-electron chi connectivity index (χ0n) is 15.2. The lowest BCUT2D eigenvalue weighted by Crippen LogP contribution is -2.47. The molecule has 2 aromatic rings. The van der Waals surface area contributed by atoms with Crippen LogP contribution in [0.2, 0.25) is 0 Å². The first kappa shape index (κ1) is 22.2. The van der Waals surface area contributed by atoms with Crippen molar-refractivity contribution in [3.05, 3.63) is 54.1 Å². The molecule has 0 aromatic heterocycles. The van der Waals surface area contributed by atoms with Crippen LogP contribution >= 0.6 is 0 Å². The van der Waals surface area contributed by atoms with Gasteiger partial charge in [-0.25, -0.2) is 17.2 Å². The highest BCUT2D eigenvalue weighted by Gasteiger charge is 2.37. The Bertz CT molecular complexity index is 999. The van der Waals surface area contributed by atoms with E-state index in [9.17, 15) is 30.4 Å². The molecule has 12 heteroatoms. The van der Waals surface area contributed by atoms with E-state index in [1.807, 2.05) is 0 Å². The van der Waals surface area contributed by atoms with Gasteiger partial charge < -0.3 is 14.2 Å². The maximum Gasteiger partial charge on any atom is 0.573 e. The normalized spacial score (nSPS) is 18.2. The van der Waals surface area contributed by atoms with E-state index in [0.717, 1.165) is 34.6 Å². The molecule has 6 nitrogen and oxygen atoms in total. The molecule has 0 spiro atoms. The molecule has 0 radical (unpaired) electrons. The molecule has 1 fully saturated rings. The van der Waals surface area contributed by atoms with E-state index in [2.05, 4.69) is 4.74 Å². The summed E-state index contributed by atoms with van der Waals surface area (Å²) in [6, 6.07) is 6.99. The third kappa shape index (κ3) is 5.37. The van der Waals surface area contributed by atoms with E-state index in [-0.39, 0.29) is 32.1 Å². The lowest BCUT2D eigenvalue weighted by molar-refractivity contribution is -0.275. The van der Waals surface area contributed by atoms with Crippen molar-refractivity contribution in [2.24, 2.45) is 0 Å². The second-order valence-electron chi connectivity index (χ2n) is 6.24. The third-order valence-corrected chi connectivity index (χ3v) is 6.02. The first-order chi connectivity index (χ1) is 14.1. The van der Waals surface area contributed by atoms with Crippen molar-refractivity contribution in [1.82, 2.24) is 4.31 Å². The Balaban J connectivity index is 1.74. The lowest BCUT2D eigenvalue weighted by atomic mass is 10.3. The van der Waals surface area contributed by atoms with Gasteiger partial charge in [-0.2, -0.15) is 4.31 Å². The van der Waals surface area contributed by atoms with Crippen LogP contribution in [0.15, 0.2) is 47.4 Å². The minimum absolute atomic E-state index is 0.0683. The Morgan fingerprint density at radius 3 is 2.57 bits per heavy atom. The van der Waals surface area contributed by atoms with E-state index >= 15 is 0 Å². The summed E-state index contributed by atoms with van der Waals surface area (Å²) in [7, 11) is -4.36. The van der Waals surface area contributed by atoms with Crippen molar-refractivity contribution in [2.45, 2.75) is 17.4 Å². The number of hydrogen-bond donors (Lipinski definition) is 0. The minimum atomic E-state index is -5.07. The molecule has 1 atom stereocenters. The second-order valence-corrected chi connectivity index (χ2v) is 8.14. The summed E-state index contributed by atoms with van der Waals surface area (Å²) < 4.78 is 106. The van der Waals surface area contributed by atoms with Crippen LogP contribution < -0.4 is 9.47 Å². The van der Waals surface area contributed by atoms with Crippen molar-refractivity contribution < 1.29 is 44.6 Å². The average molecular weight is 453 g/mol. The molecule has 1 aliphatic heterocycles. The Kier molecular flexibility index (Phi) is 6.48. The maximum absolute atomic E-state index is 13.6. The van der Waals surface area contributed by atoms with Gasteiger partial charge in [0.2, 0.25) is 10.0 Å². The van der Waals surface area contributed by atoms with Gasteiger partial charge in [-0.1, -0.05) is 12.1 Å². The molecule has 0 saturated carbocycles. The summed E-state index contributed by atoms with van der Waals surface area (Å²) in [5, 5.41) is 0. The zero-order valence-corrected chi connectivity index (χ0v) is 16.1. The number of alkyl halides is 3. The molecule has 1 heterocycles. The standard InChI is InChI=1S/C18H16F5NO5S/c19-12-5-6-14(20)16(9-12)28-11-13-10-24(7-8-27-13)30(25,26)17-4-2-1-3-15(17)29-18(21,22)23/h1-6,9,13H,7-8,10-11H2. The highest BCUT2D eigenvalue weighted by molar-refractivity contribution is 7.89. The van der Waals surface area contributed by atoms with Crippen LogP contribution in [0.25, 0.3) is 0 Å². The summed E-state index contributed by atoms with van der Waals surface area (Å²) in [5.41, 5.74) is 0. The molecule has 2 aromatic carbocycles. The molecule has 0 aliphatic carbocycles. The lowest BCUT2D eigenvalue weighted by Gasteiger charge is -2.32. The first-order valence-corrected chi connectivity index (χ1v) is 10.0. The van der Waals surface area contributed by atoms with Crippen LogP contribution in [0, 0.1) is 11.6 Å². The quantitative estimate of drug-likeness (QED) is 0.628. The van der Waals surface area contributed by atoms with Gasteiger partial charge >= 0.3 is 6.36 Å². The number of ether oxygens (including phenoxy) is 3. The second kappa shape index (κ2) is 8.74. The van der Waals surface area contributed by atoms with Crippen molar-refractivity contribution in [1.29, 1.82) is 0 Å². The molecule has 1 saturated heterocycles. The van der Waals surface area contributed by atoms with Gasteiger partial charge in [0.1, 0.15) is 29.2 Å². The molecular formula is C18H16F5NO5S. The maximum atomic E-state index is 13.6. The molecule has 1 aliphatic rings. The van der Waals surface area contributed by atoms with Crippen LogP contribution in [0.1, 0.15) is 0 Å².